The van der Waals surface area contributed by atoms with Crippen LogP contribution in [0.25, 0.3) is 0 Å². The predicted octanol–water partition coefficient (Wildman–Crippen LogP) is 2.00. The number of non-ortho nitro benzene ring substituents is 1. The molecule has 0 radical (unpaired) electrons. The van der Waals surface area contributed by atoms with Crippen molar-refractivity contribution >= 4 is 17.2 Å². The Hall–Kier alpha value is -3.57. The molecule has 0 aliphatic rings. The standard InChI is InChI=1S/C12H11N5O7/c1-8-13-7-12(17(22)23)14(8)4-5-24-11-3-2-9(15(18)19)6-10(11)16(20)21/h2-3,6-7H,4-5H2,1H3. The van der Waals surface area contributed by atoms with Crippen LogP contribution in [0.1, 0.15) is 5.82 Å². The quantitative estimate of drug-likeness (QED) is 0.548. The maximum atomic E-state index is 11.0. The molecule has 0 aliphatic heterocycles. The molecule has 12 nitrogen and oxygen atoms in total. The van der Waals surface area contributed by atoms with E-state index >= 15 is 0 Å². The van der Waals surface area contributed by atoms with Crippen LogP contribution in [-0.4, -0.2) is 30.9 Å². The van der Waals surface area contributed by atoms with Crippen LogP contribution in [0.4, 0.5) is 17.2 Å². The average molecular weight is 337 g/mol. The second kappa shape index (κ2) is 6.68. The number of nitro groups is 3. The molecule has 0 unspecified atom stereocenters. The molecule has 0 spiro atoms. The zero-order valence-electron chi connectivity index (χ0n) is 12.3. The monoisotopic (exact) mass is 337 g/mol. The Labute approximate surface area is 133 Å². The van der Waals surface area contributed by atoms with Gasteiger partial charge in [0.2, 0.25) is 0 Å². The van der Waals surface area contributed by atoms with Crippen molar-refractivity contribution < 1.29 is 19.5 Å². The number of ether oxygens (including phenoxy) is 1. The number of benzene rings is 1. The van der Waals surface area contributed by atoms with Gasteiger partial charge in [0.05, 0.1) is 15.9 Å². The summed E-state index contributed by atoms with van der Waals surface area (Å²) in [6.45, 7) is 1.49. The molecule has 24 heavy (non-hydrogen) atoms. The fourth-order valence-corrected chi connectivity index (χ4v) is 2.01. The topological polar surface area (TPSA) is 156 Å². The summed E-state index contributed by atoms with van der Waals surface area (Å²) in [7, 11) is 0. The smallest absolute Gasteiger partial charge is 0.342 e. The van der Waals surface area contributed by atoms with Crippen LogP contribution in [0.15, 0.2) is 24.4 Å². The highest BCUT2D eigenvalue weighted by atomic mass is 16.6. The zero-order chi connectivity index (χ0) is 17.9. The maximum Gasteiger partial charge on any atom is 0.342 e. The van der Waals surface area contributed by atoms with Crippen molar-refractivity contribution in [2.24, 2.45) is 0 Å². The van der Waals surface area contributed by atoms with E-state index in [1.54, 1.807) is 6.92 Å². The predicted molar refractivity (Wildman–Crippen MR) is 78.9 cm³/mol. The first-order valence-electron chi connectivity index (χ1n) is 6.53. The van der Waals surface area contributed by atoms with E-state index in [1.807, 2.05) is 0 Å². The molecule has 1 heterocycles. The van der Waals surface area contributed by atoms with Gasteiger partial charge in [-0.1, -0.05) is 0 Å². The van der Waals surface area contributed by atoms with Crippen LogP contribution < -0.4 is 4.74 Å². The third kappa shape index (κ3) is 3.43. The highest BCUT2D eigenvalue weighted by molar-refractivity contribution is 5.53. The lowest BCUT2D eigenvalue weighted by atomic mass is 10.2. The minimum Gasteiger partial charge on any atom is -0.483 e. The lowest BCUT2D eigenvalue weighted by Crippen LogP contribution is -2.12. The Morgan fingerprint density at radius 3 is 2.42 bits per heavy atom. The second-order valence-corrected chi connectivity index (χ2v) is 4.59. The molecule has 1 aromatic carbocycles. The Bertz CT molecular complexity index is 816. The molecule has 0 fully saturated rings. The molecule has 0 saturated carbocycles. The normalized spacial score (nSPS) is 10.4. The third-order valence-electron chi connectivity index (χ3n) is 3.14. The largest absolute Gasteiger partial charge is 0.483 e. The van der Waals surface area contributed by atoms with Crippen LogP contribution in [0, 0.1) is 37.3 Å². The summed E-state index contributed by atoms with van der Waals surface area (Å²) in [6.07, 6.45) is 1.10. The molecular weight excluding hydrogens is 326 g/mol. The number of hydrogen-bond donors (Lipinski definition) is 0. The van der Waals surface area contributed by atoms with Crippen LogP contribution in [0.2, 0.25) is 0 Å². The van der Waals surface area contributed by atoms with E-state index in [1.165, 1.54) is 4.57 Å². The Morgan fingerprint density at radius 1 is 1.12 bits per heavy atom. The molecule has 2 rings (SSSR count). The van der Waals surface area contributed by atoms with Crippen LogP contribution >= 0.6 is 0 Å². The van der Waals surface area contributed by atoms with E-state index < -0.39 is 26.1 Å². The first-order chi connectivity index (χ1) is 11.3. The number of nitro benzene ring substituents is 2. The van der Waals surface area contributed by atoms with Crippen molar-refractivity contribution in [3.63, 3.8) is 0 Å². The molecule has 0 saturated heterocycles. The van der Waals surface area contributed by atoms with Gasteiger partial charge in [-0.2, -0.15) is 0 Å². The van der Waals surface area contributed by atoms with Gasteiger partial charge in [-0.25, -0.2) is 9.55 Å². The molecule has 0 atom stereocenters. The maximum absolute atomic E-state index is 11.0. The summed E-state index contributed by atoms with van der Waals surface area (Å²) in [4.78, 5) is 34.2. The Balaban J connectivity index is 2.15. The molecule has 0 amide bonds. The van der Waals surface area contributed by atoms with Gasteiger partial charge in [-0.3, -0.25) is 20.2 Å². The van der Waals surface area contributed by atoms with E-state index in [0.29, 0.717) is 5.82 Å². The first-order valence-corrected chi connectivity index (χ1v) is 6.53. The molecule has 12 heteroatoms. The SMILES string of the molecule is Cc1ncc([N+](=O)[O-])n1CCOc1ccc([N+](=O)[O-])cc1[N+](=O)[O-]. The highest BCUT2D eigenvalue weighted by Crippen LogP contribution is 2.31. The van der Waals surface area contributed by atoms with Gasteiger partial charge in [0, 0.05) is 13.0 Å². The summed E-state index contributed by atoms with van der Waals surface area (Å²) in [5, 5.41) is 32.5. The van der Waals surface area contributed by atoms with Gasteiger partial charge < -0.3 is 14.9 Å². The first kappa shape index (κ1) is 16.8. The number of rotatable bonds is 7. The number of imidazole rings is 1. The molecule has 0 bridgehead atoms. The van der Waals surface area contributed by atoms with Gasteiger partial charge >= 0.3 is 11.5 Å². The minimum atomic E-state index is -0.798. The Morgan fingerprint density at radius 2 is 1.83 bits per heavy atom. The molecular formula is C12H11N5O7. The van der Waals surface area contributed by atoms with Gasteiger partial charge in [0.25, 0.3) is 5.69 Å². The van der Waals surface area contributed by atoms with Crippen molar-refractivity contribution in [1.29, 1.82) is 0 Å². The highest BCUT2D eigenvalue weighted by Gasteiger charge is 2.22. The molecule has 0 aliphatic carbocycles. The number of hydrogen-bond acceptors (Lipinski definition) is 8. The summed E-state index contributed by atoms with van der Waals surface area (Å²) < 4.78 is 6.55. The number of nitrogens with zero attached hydrogens (tertiary/aromatic N) is 5. The van der Waals surface area contributed by atoms with Gasteiger partial charge in [0.1, 0.15) is 19.3 Å². The van der Waals surface area contributed by atoms with E-state index in [4.69, 9.17) is 4.74 Å². The van der Waals surface area contributed by atoms with Crippen LogP contribution in [-0.2, 0) is 6.54 Å². The van der Waals surface area contributed by atoms with Gasteiger partial charge in [-0.15, -0.1) is 0 Å². The number of aromatic nitrogens is 2. The Kier molecular flexibility index (Phi) is 4.68. The average Bonchev–Trinajstić information content (AvgIpc) is 2.88. The lowest BCUT2D eigenvalue weighted by Gasteiger charge is -2.07. The molecule has 126 valence electrons. The van der Waals surface area contributed by atoms with Crippen molar-refractivity contribution in [1.82, 2.24) is 9.55 Å². The number of aryl methyl sites for hydroxylation is 1. The fourth-order valence-electron chi connectivity index (χ4n) is 2.01. The van der Waals surface area contributed by atoms with E-state index in [9.17, 15) is 30.3 Å². The van der Waals surface area contributed by atoms with Crippen LogP contribution in [0.5, 0.6) is 5.75 Å². The van der Waals surface area contributed by atoms with Crippen LogP contribution in [0.3, 0.4) is 0 Å². The molecule has 2 aromatic rings. The summed E-state index contributed by atoms with van der Waals surface area (Å²) >= 11 is 0. The second-order valence-electron chi connectivity index (χ2n) is 4.59. The molecule has 1 aromatic heterocycles. The lowest BCUT2D eigenvalue weighted by molar-refractivity contribution is -0.394. The van der Waals surface area contributed by atoms with Crippen molar-refractivity contribution in [2.45, 2.75) is 13.5 Å². The van der Waals surface area contributed by atoms with Crippen molar-refractivity contribution in [2.75, 3.05) is 6.61 Å². The minimum absolute atomic E-state index is 0.0380. The van der Waals surface area contributed by atoms with E-state index in [0.717, 1.165) is 24.4 Å². The molecule has 0 N–H and O–H groups in total. The third-order valence-corrected chi connectivity index (χ3v) is 3.14. The van der Waals surface area contributed by atoms with Gasteiger partial charge in [0.15, 0.2) is 11.6 Å². The van der Waals surface area contributed by atoms with Gasteiger partial charge in [-0.05, 0) is 11.0 Å². The fraction of sp³-hybridized carbons (Fsp3) is 0.250. The summed E-state index contributed by atoms with van der Waals surface area (Å²) in [6, 6.07) is 2.99. The summed E-state index contributed by atoms with van der Waals surface area (Å²) in [5.74, 6) is 0.00354. The van der Waals surface area contributed by atoms with Crippen molar-refractivity contribution in [3.05, 3.63) is 60.6 Å². The van der Waals surface area contributed by atoms with E-state index in [-0.39, 0.29) is 24.7 Å². The van der Waals surface area contributed by atoms with E-state index in [2.05, 4.69) is 4.98 Å². The zero-order valence-corrected chi connectivity index (χ0v) is 12.3. The van der Waals surface area contributed by atoms with Crippen molar-refractivity contribution in [3.8, 4) is 5.75 Å². The summed E-state index contributed by atoms with van der Waals surface area (Å²) in [5.41, 5.74) is -0.990.